The number of aromatic nitrogens is 1. The molecule has 0 aliphatic heterocycles. The molecular weight excluding hydrogens is 230 g/mol. The van der Waals surface area contributed by atoms with Gasteiger partial charge >= 0.3 is 0 Å². The Morgan fingerprint density at radius 1 is 1.41 bits per heavy atom. The predicted octanol–water partition coefficient (Wildman–Crippen LogP) is 2.67. The molecule has 1 saturated carbocycles. The second kappa shape index (κ2) is 5.83. The van der Waals surface area contributed by atoms with Crippen LogP contribution in [0.25, 0.3) is 0 Å². The zero-order chi connectivity index (χ0) is 12.3. The molecule has 96 valence electrons. The first-order chi connectivity index (χ1) is 8.24. The highest BCUT2D eigenvalue weighted by Crippen LogP contribution is 2.28. The predicted molar refractivity (Wildman–Crippen MR) is 75.0 cm³/mol. The van der Waals surface area contributed by atoms with E-state index in [2.05, 4.69) is 41.6 Å². The van der Waals surface area contributed by atoms with Crippen LogP contribution in [0.4, 0.5) is 5.13 Å². The molecule has 1 aromatic rings. The van der Waals surface area contributed by atoms with Crippen LogP contribution in [0.1, 0.15) is 38.3 Å². The molecule has 1 aromatic heterocycles. The van der Waals surface area contributed by atoms with Gasteiger partial charge in [0.15, 0.2) is 5.13 Å². The Morgan fingerprint density at radius 2 is 2.12 bits per heavy atom. The fraction of sp³-hybridized carbons (Fsp3) is 0.769. The summed E-state index contributed by atoms with van der Waals surface area (Å²) in [6.45, 7) is 2.16. The lowest BCUT2D eigenvalue weighted by atomic mass is 9.91. The molecule has 0 radical (unpaired) electrons. The van der Waals surface area contributed by atoms with Gasteiger partial charge in [0.25, 0.3) is 0 Å². The second-order valence-corrected chi connectivity index (χ2v) is 5.72. The minimum Gasteiger partial charge on any atom is -0.348 e. The number of anilines is 1. The van der Waals surface area contributed by atoms with Crippen LogP contribution in [0.15, 0.2) is 5.38 Å². The quantitative estimate of drug-likeness (QED) is 0.894. The summed E-state index contributed by atoms with van der Waals surface area (Å²) in [7, 11) is 4.27. The first-order valence-electron chi connectivity index (χ1n) is 6.59. The molecule has 0 amide bonds. The molecule has 1 aliphatic rings. The SMILES string of the molecule is CCc1csc(N(C)C2CCC(NC)CC2)n1. The Kier molecular flexibility index (Phi) is 4.40. The van der Waals surface area contributed by atoms with Gasteiger partial charge in [0.2, 0.25) is 0 Å². The van der Waals surface area contributed by atoms with Crippen molar-refractivity contribution in [3.05, 3.63) is 11.1 Å². The molecule has 0 saturated heterocycles. The Bertz CT molecular complexity index is 342. The van der Waals surface area contributed by atoms with Crippen molar-refractivity contribution in [2.24, 2.45) is 0 Å². The van der Waals surface area contributed by atoms with Crippen molar-refractivity contribution >= 4 is 16.5 Å². The van der Waals surface area contributed by atoms with Gasteiger partial charge in [0.05, 0.1) is 5.69 Å². The second-order valence-electron chi connectivity index (χ2n) is 4.88. The molecule has 1 fully saturated rings. The summed E-state index contributed by atoms with van der Waals surface area (Å²) in [5.74, 6) is 0. The Morgan fingerprint density at radius 3 is 2.65 bits per heavy atom. The lowest BCUT2D eigenvalue weighted by Crippen LogP contribution is -2.39. The van der Waals surface area contributed by atoms with E-state index < -0.39 is 0 Å². The molecule has 0 spiro atoms. The first-order valence-corrected chi connectivity index (χ1v) is 7.47. The average molecular weight is 253 g/mol. The van der Waals surface area contributed by atoms with Crippen molar-refractivity contribution in [1.82, 2.24) is 10.3 Å². The van der Waals surface area contributed by atoms with Gasteiger partial charge in [-0.05, 0) is 39.2 Å². The highest BCUT2D eigenvalue weighted by Gasteiger charge is 2.24. The van der Waals surface area contributed by atoms with Crippen LogP contribution in [0.5, 0.6) is 0 Å². The van der Waals surface area contributed by atoms with Crippen LogP contribution in [0.3, 0.4) is 0 Å². The van der Waals surface area contributed by atoms with Crippen LogP contribution in [0.2, 0.25) is 0 Å². The van der Waals surface area contributed by atoms with E-state index in [0.717, 1.165) is 12.5 Å². The summed E-state index contributed by atoms with van der Waals surface area (Å²) in [6, 6.07) is 1.40. The molecule has 0 atom stereocenters. The van der Waals surface area contributed by atoms with Gasteiger partial charge in [-0.25, -0.2) is 4.98 Å². The minimum atomic E-state index is 0.676. The van der Waals surface area contributed by atoms with E-state index in [9.17, 15) is 0 Å². The molecule has 1 aliphatic carbocycles. The molecule has 1 heterocycles. The van der Waals surface area contributed by atoms with Crippen molar-refractivity contribution in [3.63, 3.8) is 0 Å². The van der Waals surface area contributed by atoms with Crippen molar-refractivity contribution < 1.29 is 0 Å². The zero-order valence-corrected chi connectivity index (χ0v) is 11.9. The molecule has 0 unspecified atom stereocenters. The van der Waals surface area contributed by atoms with Crippen LogP contribution in [-0.2, 0) is 6.42 Å². The maximum atomic E-state index is 4.67. The monoisotopic (exact) mass is 253 g/mol. The molecule has 0 bridgehead atoms. The van der Waals surface area contributed by atoms with Crippen LogP contribution >= 0.6 is 11.3 Å². The van der Waals surface area contributed by atoms with Crippen molar-refractivity contribution in [2.75, 3.05) is 19.0 Å². The molecule has 3 nitrogen and oxygen atoms in total. The molecule has 0 aromatic carbocycles. The lowest BCUT2D eigenvalue weighted by molar-refractivity contribution is 0.351. The van der Waals surface area contributed by atoms with Gasteiger partial charge in [-0.15, -0.1) is 11.3 Å². The Labute approximate surface area is 108 Å². The largest absolute Gasteiger partial charge is 0.348 e. The van der Waals surface area contributed by atoms with E-state index in [0.29, 0.717) is 6.04 Å². The van der Waals surface area contributed by atoms with E-state index >= 15 is 0 Å². The van der Waals surface area contributed by atoms with E-state index in [1.54, 1.807) is 11.3 Å². The van der Waals surface area contributed by atoms with E-state index in [1.807, 2.05) is 0 Å². The van der Waals surface area contributed by atoms with Crippen LogP contribution < -0.4 is 10.2 Å². The lowest BCUT2D eigenvalue weighted by Gasteiger charge is -2.34. The topological polar surface area (TPSA) is 28.2 Å². The number of nitrogens with one attached hydrogen (secondary N) is 1. The van der Waals surface area contributed by atoms with Gasteiger partial charge in [0, 0.05) is 24.5 Å². The van der Waals surface area contributed by atoms with Gasteiger partial charge in [-0.2, -0.15) is 0 Å². The smallest absolute Gasteiger partial charge is 0.185 e. The molecule has 2 rings (SSSR count). The van der Waals surface area contributed by atoms with Crippen LogP contribution in [0, 0.1) is 0 Å². The van der Waals surface area contributed by atoms with E-state index in [1.165, 1.54) is 36.5 Å². The van der Waals surface area contributed by atoms with Gasteiger partial charge < -0.3 is 10.2 Å². The summed E-state index contributed by atoms with van der Waals surface area (Å²) in [5, 5.41) is 6.76. The molecular formula is C13H23N3S. The van der Waals surface area contributed by atoms with E-state index in [4.69, 9.17) is 0 Å². The summed E-state index contributed by atoms with van der Waals surface area (Å²) < 4.78 is 0. The fourth-order valence-electron chi connectivity index (χ4n) is 2.53. The Hall–Kier alpha value is -0.610. The molecule has 1 N–H and O–H groups in total. The third-order valence-corrected chi connectivity index (χ3v) is 4.84. The zero-order valence-electron chi connectivity index (χ0n) is 11.1. The standard InChI is InChI=1S/C13H23N3S/c1-4-10-9-17-13(15-10)16(3)12-7-5-11(14-2)6-8-12/h9,11-12,14H,4-8H2,1-3H3. The highest BCUT2D eigenvalue weighted by atomic mass is 32.1. The normalized spacial score (nSPS) is 24.9. The number of rotatable bonds is 4. The number of nitrogens with zero attached hydrogens (tertiary/aromatic N) is 2. The third-order valence-electron chi connectivity index (χ3n) is 3.86. The Balaban J connectivity index is 1.94. The number of thiazole rings is 1. The van der Waals surface area contributed by atoms with E-state index in [-0.39, 0.29) is 0 Å². The number of hydrogen-bond donors (Lipinski definition) is 1. The molecule has 17 heavy (non-hydrogen) atoms. The maximum absolute atomic E-state index is 4.67. The van der Waals surface area contributed by atoms with Crippen LogP contribution in [-0.4, -0.2) is 31.2 Å². The number of aryl methyl sites for hydroxylation is 1. The summed E-state index contributed by atoms with van der Waals surface area (Å²) in [4.78, 5) is 7.06. The average Bonchev–Trinajstić information content (AvgIpc) is 2.87. The summed E-state index contributed by atoms with van der Waals surface area (Å²) in [5.41, 5.74) is 1.22. The maximum Gasteiger partial charge on any atom is 0.185 e. The molecule has 4 heteroatoms. The minimum absolute atomic E-state index is 0.676. The number of hydrogen-bond acceptors (Lipinski definition) is 4. The fourth-order valence-corrected chi connectivity index (χ4v) is 3.47. The van der Waals surface area contributed by atoms with Gasteiger partial charge in [-0.3, -0.25) is 0 Å². The van der Waals surface area contributed by atoms with Gasteiger partial charge in [0.1, 0.15) is 0 Å². The van der Waals surface area contributed by atoms with Crippen molar-refractivity contribution in [1.29, 1.82) is 0 Å². The first kappa shape index (κ1) is 12.8. The summed E-state index contributed by atoms with van der Waals surface area (Å²) >= 11 is 1.78. The van der Waals surface area contributed by atoms with Gasteiger partial charge in [-0.1, -0.05) is 6.92 Å². The third kappa shape index (κ3) is 2.99. The van der Waals surface area contributed by atoms with Crippen molar-refractivity contribution in [3.8, 4) is 0 Å². The highest BCUT2D eigenvalue weighted by molar-refractivity contribution is 7.13. The van der Waals surface area contributed by atoms with Crippen molar-refractivity contribution in [2.45, 2.75) is 51.1 Å². The summed E-state index contributed by atoms with van der Waals surface area (Å²) in [6.07, 6.45) is 6.18.